The van der Waals surface area contributed by atoms with Crippen molar-refractivity contribution >= 4 is 5.69 Å². The summed E-state index contributed by atoms with van der Waals surface area (Å²) in [6.45, 7) is 6.34. The third-order valence-electron chi connectivity index (χ3n) is 3.67. The molecule has 1 N–H and O–H groups in total. The van der Waals surface area contributed by atoms with Crippen LogP contribution in [0.25, 0.3) is 0 Å². The third kappa shape index (κ3) is 3.48. The molecule has 21 heavy (non-hydrogen) atoms. The Labute approximate surface area is 126 Å². The number of benzene rings is 2. The van der Waals surface area contributed by atoms with Crippen molar-refractivity contribution < 1.29 is 9.47 Å². The van der Waals surface area contributed by atoms with Gasteiger partial charge in [-0.05, 0) is 50.1 Å². The fourth-order valence-corrected chi connectivity index (χ4v) is 2.38. The van der Waals surface area contributed by atoms with Gasteiger partial charge < -0.3 is 14.8 Å². The zero-order valence-electron chi connectivity index (χ0n) is 13.4. The van der Waals surface area contributed by atoms with Gasteiger partial charge in [-0.15, -0.1) is 0 Å². The van der Waals surface area contributed by atoms with Crippen LogP contribution in [-0.2, 0) is 0 Å². The van der Waals surface area contributed by atoms with Gasteiger partial charge in [0.05, 0.1) is 20.3 Å². The third-order valence-corrected chi connectivity index (χ3v) is 3.67. The van der Waals surface area contributed by atoms with Crippen LogP contribution in [0.5, 0.6) is 11.5 Å². The van der Waals surface area contributed by atoms with Crippen LogP contribution in [0.3, 0.4) is 0 Å². The predicted molar refractivity (Wildman–Crippen MR) is 87.5 cm³/mol. The second-order valence-corrected chi connectivity index (χ2v) is 5.29. The Morgan fingerprint density at radius 3 is 2.38 bits per heavy atom. The quantitative estimate of drug-likeness (QED) is 0.877. The summed E-state index contributed by atoms with van der Waals surface area (Å²) in [6.07, 6.45) is 0. The highest BCUT2D eigenvalue weighted by molar-refractivity contribution is 5.55. The zero-order chi connectivity index (χ0) is 15.4. The number of aryl methyl sites for hydroxylation is 2. The molecule has 2 rings (SSSR count). The molecule has 2 aromatic rings. The molecule has 0 aromatic heterocycles. The van der Waals surface area contributed by atoms with Crippen molar-refractivity contribution in [3.05, 3.63) is 53.1 Å². The average Bonchev–Trinajstić information content (AvgIpc) is 2.50. The van der Waals surface area contributed by atoms with Gasteiger partial charge in [0, 0.05) is 17.3 Å². The standard InChI is InChI=1S/C18H23NO2/c1-12-6-7-13(2)17(10-12)19-14(3)16-9-8-15(20-4)11-18(16)21-5/h6-11,14,19H,1-5H3. The molecule has 0 radical (unpaired) electrons. The van der Waals surface area contributed by atoms with E-state index in [9.17, 15) is 0 Å². The Kier molecular flexibility index (Phi) is 4.73. The molecule has 0 fully saturated rings. The highest BCUT2D eigenvalue weighted by Gasteiger charge is 2.13. The summed E-state index contributed by atoms with van der Waals surface area (Å²) < 4.78 is 10.7. The van der Waals surface area contributed by atoms with Crippen molar-refractivity contribution in [2.24, 2.45) is 0 Å². The first-order chi connectivity index (χ1) is 10.0. The summed E-state index contributed by atoms with van der Waals surface area (Å²) in [5, 5.41) is 3.56. The van der Waals surface area contributed by atoms with E-state index in [0.29, 0.717) is 0 Å². The minimum Gasteiger partial charge on any atom is -0.497 e. The smallest absolute Gasteiger partial charge is 0.127 e. The average molecular weight is 285 g/mol. The number of anilines is 1. The molecule has 3 heteroatoms. The molecule has 0 saturated heterocycles. The molecule has 2 aromatic carbocycles. The van der Waals surface area contributed by atoms with E-state index >= 15 is 0 Å². The topological polar surface area (TPSA) is 30.5 Å². The van der Waals surface area contributed by atoms with E-state index in [1.54, 1.807) is 14.2 Å². The van der Waals surface area contributed by atoms with E-state index in [2.05, 4.69) is 44.3 Å². The van der Waals surface area contributed by atoms with Crippen LogP contribution in [-0.4, -0.2) is 14.2 Å². The summed E-state index contributed by atoms with van der Waals surface area (Å²) in [7, 11) is 3.34. The first-order valence-corrected chi connectivity index (χ1v) is 7.11. The van der Waals surface area contributed by atoms with Crippen molar-refractivity contribution in [2.75, 3.05) is 19.5 Å². The van der Waals surface area contributed by atoms with Crippen LogP contribution < -0.4 is 14.8 Å². The van der Waals surface area contributed by atoms with Gasteiger partial charge in [-0.25, -0.2) is 0 Å². The number of hydrogen-bond donors (Lipinski definition) is 1. The van der Waals surface area contributed by atoms with Gasteiger partial charge >= 0.3 is 0 Å². The van der Waals surface area contributed by atoms with Gasteiger partial charge in [-0.3, -0.25) is 0 Å². The van der Waals surface area contributed by atoms with Crippen LogP contribution >= 0.6 is 0 Å². The second kappa shape index (κ2) is 6.53. The van der Waals surface area contributed by atoms with E-state index < -0.39 is 0 Å². The number of methoxy groups -OCH3 is 2. The highest BCUT2D eigenvalue weighted by atomic mass is 16.5. The monoisotopic (exact) mass is 285 g/mol. The predicted octanol–water partition coefficient (Wildman–Crippen LogP) is 4.49. The summed E-state index contributed by atoms with van der Waals surface area (Å²) in [5.74, 6) is 1.63. The molecule has 0 aliphatic carbocycles. The number of nitrogens with one attached hydrogen (secondary N) is 1. The summed E-state index contributed by atoms with van der Waals surface area (Å²) in [6, 6.07) is 12.5. The molecule has 0 amide bonds. The largest absolute Gasteiger partial charge is 0.497 e. The van der Waals surface area contributed by atoms with Crippen molar-refractivity contribution in [2.45, 2.75) is 26.8 Å². The lowest BCUT2D eigenvalue weighted by atomic mass is 10.0. The molecular formula is C18H23NO2. The molecule has 0 aliphatic heterocycles. The van der Waals surface area contributed by atoms with Crippen molar-refractivity contribution in [1.29, 1.82) is 0 Å². The normalized spacial score (nSPS) is 11.9. The maximum absolute atomic E-state index is 5.48. The molecule has 0 heterocycles. The Bertz CT molecular complexity index is 623. The highest BCUT2D eigenvalue weighted by Crippen LogP contribution is 2.32. The maximum atomic E-state index is 5.48. The molecule has 0 aliphatic rings. The molecule has 1 atom stereocenters. The summed E-state index contributed by atoms with van der Waals surface area (Å²) >= 11 is 0. The number of rotatable bonds is 5. The molecule has 0 saturated carbocycles. The minimum absolute atomic E-state index is 0.145. The molecule has 3 nitrogen and oxygen atoms in total. The first-order valence-electron chi connectivity index (χ1n) is 7.11. The number of ether oxygens (including phenoxy) is 2. The van der Waals surface area contributed by atoms with Crippen LogP contribution in [0, 0.1) is 13.8 Å². The fourth-order valence-electron chi connectivity index (χ4n) is 2.38. The molecule has 112 valence electrons. The molecule has 0 bridgehead atoms. The maximum Gasteiger partial charge on any atom is 0.127 e. The lowest BCUT2D eigenvalue weighted by Crippen LogP contribution is -2.09. The summed E-state index contributed by atoms with van der Waals surface area (Å²) in [4.78, 5) is 0. The lowest BCUT2D eigenvalue weighted by molar-refractivity contribution is 0.390. The van der Waals surface area contributed by atoms with Crippen LogP contribution in [0.1, 0.15) is 29.7 Å². The number of hydrogen-bond acceptors (Lipinski definition) is 3. The van der Waals surface area contributed by atoms with Crippen LogP contribution in [0.4, 0.5) is 5.69 Å². The SMILES string of the molecule is COc1ccc(C(C)Nc2cc(C)ccc2C)c(OC)c1. The fraction of sp³-hybridized carbons (Fsp3) is 0.333. The van der Waals surface area contributed by atoms with Crippen LogP contribution in [0.15, 0.2) is 36.4 Å². The summed E-state index contributed by atoms with van der Waals surface area (Å²) in [5.41, 5.74) is 4.75. The van der Waals surface area contributed by atoms with E-state index in [4.69, 9.17) is 9.47 Å². The van der Waals surface area contributed by atoms with Crippen molar-refractivity contribution in [3.63, 3.8) is 0 Å². The van der Waals surface area contributed by atoms with Gasteiger partial charge in [0.2, 0.25) is 0 Å². The van der Waals surface area contributed by atoms with Crippen molar-refractivity contribution in [1.82, 2.24) is 0 Å². The Morgan fingerprint density at radius 1 is 0.952 bits per heavy atom. The molecule has 0 spiro atoms. The Hall–Kier alpha value is -2.16. The van der Waals surface area contributed by atoms with E-state index in [1.807, 2.05) is 18.2 Å². The molecular weight excluding hydrogens is 262 g/mol. The van der Waals surface area contributed by atoms with E-state index in [0.717, 1.165) is 22.7 Å². The van der Waals surface area contributed by atoms with Gasteiger partial charge in [0.15, 0.2) is 0 Å². The van der Waals surface area contributed by atoms with Crippen molar-refractivity contribution in [3.8, 4) is 11.5 Å². The van der Waals surface area contributed by atoms with Gasteiger partial charge in [0.25, 0.3) is 0 Å². The lowest BCUT2D eigenvalue weighted by Gasteiger charge is -2.20. The minimum atomic E-state index is 0.145. The van der Waals surface area contributed by atoms with Crippen LogP contribution in [0.2, 0.25) is 0 Å². The van der Waals surface area contributed by atoms with E-state index in [-0.39, 0.29) is 6.04 Å². The zero-order valence-corrected chi connectivity index (χ0v) is 13.4. The van der Waals surface area contributed by atoms with Gasteiger partial charge in [0.1, 0.15) is 11.5 Å². The van der Waals surface area contributed by atoms with Gasteiger partial charge in [-0.2, -0.15) is 0 Å². The Morgan fingerprint density at radius 2 is 1.71 bits per heavy atom. The molecule has 1 unspecified atom stereocenters. The Balaban J connectivity index is 2.27. The van der Waals surface area contributed by atoms with E-state index in [1.165, 1.54) is 11.1 Å². The first kappa shape index (κ1) is 15.2. The van der Waals surface area contributed by atoms with Gasteiger partial charge in [-0.1, -0.05) is 12.1 Å². The second-order valence-electron chi connectivity index (χ2n) is 5.29.